The zero-order chi connectivity index (χ0) is 15.5. The highest BCUT2D eigenvalue weighted by Crippen LogP contribution is 2.27. The smallest absolute Gasteiger partial charge is 0.325 e. The summed E-state index contributed by atoms with van der Waals surface area (Å²) in [5, 5.41) is 3.49. The molecule has 1 N–H and O–H groups in total. The summed E-state index contributed by atoms with van der Waals surface area (Å²) in [6, 6.07) is 1.87. The van der Waals surface area contributed by atoms with E-state index in [4.69, 9.17) is 4.74 Å². The van der Waals surface area contributed by atoms with Gasteiger partial charge in [0, 0.05) is 18.1 Å². The number of carbonyl (C=O) groups is 1. The van der Waals surface area contributed by atoms with Gasteiger partial charge in [0.25, 0.3) is 0 Å². The molecule has 1 heterocycles. The minimum atomic E-state index is -0.516. The molecule has 4 heteroatoms. The lowest BCUT2D eigenvalue weighted by atomic mass is 9.93. The van der Waals surface area contributed by atoms with Crippen LogP contribution in [0.15, 0.2) is 0 Å². The van der Waals surface area contributed by atoms with Crippen LogP contribution in [0, 0.1) is 0 Å². The number of hydrogen-bond acceptors (Lipinski definition) is 4. The number of nitrogens with zero attached hydrogens (tertiary/aromatic N) is 1. The highest BCUT2D eigenvalue weighted by Gasteiger charge is 2.39. The van der Waals surface area contributed by atoms with Gasteiger partial charge in [0.1, 0.15) is 5.54 Å². The van der Waals surface area contributed by atoms with Crippen molar-refractivity contribution in [1.29, 1.82) is 0 Å². The van der Waals surface area contributed by atoms with E-state index in [1.54, 1.807) is 0 Å². The molecule has 0 spiro atoms. The highest BCUT2D eigenvalue weighted by molar-refractivity contribution is 5.80. The zero-order valence-electron chi connectivity index (χ0n) is 14.2. The molecule has 0 aromatic heterocycles. The van der Waals surface area contributed by atoms with Gasteiger partial charge >= 0.3 is 5.97 Å². The molecule has 0 amide bonds. The summed E-state index contributed by atoms with van der Waals surface area (Å²) in [6.07, 6.45) is 8.23. The maximum atomic E-state index is 12.1. The summed E-state index contributed by atoms with van der Waals surface area (Å²) in [5.74, 6) is -0.117. The number of hydrogen-bond donors (Lipinski definition) is 1. The van der Waals surface area contributed by atoms with E-state index in [-0.39, 0.29) is 5.97 Å². The first-order valence-corrected chi connectivity index (χ1v) is 8.58. The Morgan fingerprint density at radius 3 is 2.38 bits per heavy atom. The summed E-state index contributed by atoms with van der Waals surface area (Å²) in [5.41, 5.74) is -0.516. The van der Waals surface area contributed by atoms with Crippen LogP contribution in [0.5, 0.6) is 0 Å². The molecule has 1 unspecified atom stereocenters. The fourth-order valence-electron chi connectivity index (χ4n) is 3.67. The minimum absolute atomic E-state index is 0.117. The molecule has 0 aromatic rings. The lowest BCUT2D eigenvalue weighted by Gasteiger charge is -2.39. The Kier molecular flexibility index (Phi) is 5.67. The molecule has 1 aliphatic carbocycles. The van der Waals surface area contributed by atoms with Crippen LogP contribution < -0.4 is 5.32 Å². The first-order chi connectivity index (χ1) is 9.96. The van der Waals surface area contributed by atoms with E-state index < -0.39 is 5.54 Å². The molecule has 2 fully saturated rings. The molecule has 122 valence electrons. The number of likely N-dealkylation sites (tertiary alicyclic amines) is 1. The topological polar surface area (TPSA) is 41.6 Å². The molecule has 0 radical (unpaired) electrons. The van der Waals surface area contributed by atoms with Gasteiger partial charge in [-0.15, -0.1) is 0 Å². The molecule has 1 saturated carbocycles. The maximum Gasteiger partial charge on any atom is 0.325 e. The van der Waals surface area contributed by atoms with Crippen molar-refractivity contribution in [3.05, 3.63) is 0 Å². The standard InChI is InChI=1S/C17H32N2O2/c1-13-7-5-8-14(2)19(13)12-6-11-17(3,16(20)21-4)18-15-9-10-15/h13-15,18H,5-12H2,1-4H3/t13-,14+,17?. The van der Waals surface area contributed by atoms with E-state index in [1.165, 1.54) is 39.2 Å². The van der Waals surface area contributed by atoms with Crippen molar-refractivity contribution in [2.75, 3.05) is 13.7 Å². The van der Waals surface area contributed by atoms with Gasteiger partial charge in [0.05, 0.1) is 7.11 Å². The van der Waals surface area contributed by atoms with Crippen LogP contribution in [0.1, 0.15) is 65.7 Å². The quantitative estimate of drug-likeness (QED) is 0.734. The molecule has 1 saturated heterocycles. The highest BCUT2D eigenvalue weighted by atomic mass is 16.5. The number of ether oxygens (including phenoxy) is 1. The lowest BCUT2D eigenvalue weighted by Crippen LogP contribution is -2.52. The maximum absolute atomic E-state index is 12.1. The van der Waals surface area contributed by atoms with E-state index >= 15 is 0 Å². The van der Waals surface area contributed by atoms with E-state index in [0.717, 1.165) is 19.4 Å². The van der Waals surface area contributed by atoms with Crippen LogP contribution >= 0.6 is 0 Å². The van der Waals surface area contributed by atoms with Crippen LogP contribution in [0.25, 0.3) is 0 Å². The number of esters is 1. The summed E-state index contributed by atoms with van der Waals surface area (Å²) in [6.45, 7) is 7.75. The average molecular weight is 296 g/mol. The van der Waals surface area contributed by atoms with E-state index in [0.29, 0.717) is 18.1 Å². The summed E-state index contributed by atoms with van der Waals surface area (Å²) in [7, 11) is 1.49. The average Bonchev–Trinajstić information content (AvgIpc) is 3.25. The molecular weight excluding hydrogens is 264 g/mol. The number of nitrogens with one attached hydrogen (secondary N) is 1. The van der Waals surface area contributed by atoms with Gasteiger partial charge in [-0.25, -0.2) is 0 Å². The Hall–Kier alpha value is -0.610. The third-order valence-corrected chi connectivity index (χ3v) is 5.21. The van der Waals surface area contributed by atoms with Crippen molar-refractivity contribution in [3.63, 3.8) is 0 Å². The molecule has 21 heavy (non-hydrogen) atoms. The zero-order valence-corrected chi connectivity index (χ0v) is 14.2. The van der Waals surface area contributed by atoms with Crippen molar-refractivity contribution in [3.8, 4) is 0 Å². The summed E-state index contributed by atoms with van der Waals surface area (Å²) in [4.78, 5) is 14.7. The largest absolute Gasteiger partial charge is 0.468 e. The SMILES string of the molecule is COC(=O)C(C)(CCCN1[C@H](C)CCC[C@@H]1C)NC1CC1. The third kappa shape index (κ3) is 4.43. The van der Waals surface area contributed by atoms with Crippen LogP contribution in [-0.2, 0) is 9.53 Å². The molecule has 2 aliphatic rings. The van der Waals surface area contributed by atoms with E-state index in [2.05, 4.69) is 24.1 Å². The van der Waals surface area contributed by atoms with Crippen molar-refractivity contribution < 1.29 is 9.53 Å². The summed E-state index contributed by atoms with van der Waals surface area (Å²) < 4.78 is 5.01. The summed E-state index contributed by atoms with van der Waals surface area (Å²) >= 11 is 0. The van der Waals surface area contributed by atoms with E-state index in [1.807, 2.05) is 6.92 Å². The Bertz CT molecular complexity index is 347. The van der Waals surface area contributed by atoms with Gasteiger partial charge in [0.15, 0.2) is 0 Å². The van der Waals surface area contributed by atoms with Gasteiger partial charge < -0.3 is 4.74 Å². The second-order valence-corrected chi connectivity index (χ2v) is 7.21. The van der Waals surface area contributed by atoms with Crippen LogP contribution in [0.4, 0.5) is 0 Å². The molecule has 1 aliphatic heterocycles. The molecular formula is C17H32N2O2. The second kappa shape index (κ2) is 7.10. The predicted octanol–water partition coefficient (Wildman–Crippen LogP) is 2.71. The monoisotopic (exact) mass is 296 g/mol. The lowest BCUT2D eigenvalue weighted by molar-refractivity contribution is -0.148. The van der Waals surface area contributed by atoms with Crippen LogP contribution in [0.3, 0.4) is 0 Å². The van der Waals surface area contributed by atoms with Crippen molar-refractivity contribution >= 4 is 5.97 Å². The van der Waals surface area contributed by atoms with Crippen molar-refractivity contribution in [1.82, 2.24) is 10.2 Å². The van der Waals surface area contributed by atoms with Crippen LogP contribution in [0.2, 0.25) is 0 Å². The minimum Gasteiger partial charge on any atom is -0.468 e. The molecule has 0 bridgehead atoms. The molecule has 4 nitrogen and oxygen atoms in total. The number of piperidine rings is 1. The number of carbonyl (C=O) groups excluding carboxylic acids is 1. The normalized spacial score (nSPS) is 29.9. The third-order valence-electron chi connectivity index (χ3n) is 5.21. The Balaban J connectivity index is 1.84. The fourth-order valence-corrected chi connectivity index (χ4v) is 3.67. The van der Waals surface area contributed by atoms with Crippen molar-refractivity contribution in [2.45, 2.75) is 89.4 Å². The van der Waals surface area contributed by atoms with Gasteiger partial charge in [0.2, 0.25) is 0 Å². The van der Waals surface area contributed by atoms with Gasteiger partial charge in [-0.3, -0.25) is 15.0 Å². The molecule has 3 atom stereocenters. The van der Waals surface area contributed by atoms with Gasteiger partial charge in [-0.1, -0.05) is 6.42 Å². The Morgan fingerprint density at radius 2 is 1.86 bits per heavy atom. The molecule has 0 aromatic carbocycles. The first kappa shape index (κ1) is 16.8. The number of methoxy groups -OCH3 is 1. The van der Waals surface area contributed by atoms with Gasteiger partial charge in [-0.05, 0) is 65.8 Å². The second-order valence-electron chi connectivity index (χ2n) is 7.21. The predicted molar refractivity (Wildman–Crippen MR) is 85.3 cm³/mol. The molecule has 2 rings (SSSR count). The van der Waals surface area contributed by atoms with Gasteiger partial charge in [-0.2, -0.15) is 0 Å². The van der Waals surface area contributed by atoms with Crippen molar-refractivity contribution in [2.24, 2.45) is 0 Å². The van der Waals surface area contributed by atoms with E-state index in [9.17, 15) is 4.79 Å². The number of rotatable bonds is 7. The fraction of sp³-hybridized carbons (Fsp3) is 0.941. The first-order valence-electron chi connectivity index (χ1n) is 8.58. The Labute approximate surface area is 129 Å². The van der Waals surface area contributed by atoms with Crippen LogP contribution in [-0.4, -0.2) is 48.2 Å². The Morgan fingerprint density at radius 1 is 1.24 bits per heavy atom.